The molecule has 0 unspecified atom stereocenters. The maximum Gasteiger partial charge on any atom is 0.151 e. The molecule has 0 aliphatic carbocycles. The standard InChI is InChI=1S/C17H16N2O3/c1-11-17(14-6-5-13(21-2)8-15(14)22-3)18-16-7-4-12(10-20)9-19(11)16/h4-10H,1-3H3. The number of carbonyl (C=O) groups is 1. The second kappa shape index (κ2) is 5.52. The van der Waals surface area contributed by atoms with Crippen LogP contribution in [0.2, 0.25) is 0 Å². The molecule has 1 aromatic carbocycles. The Morgan fingerprint density at radius 1 is 1.14 bits per heavy atom. The van der Waals surface area contributed by atoms with Crippen LogP contribution in [0.25, 0.3) is 16.9 Å². The third kappa shape index (κ3) is 2.20. The second-order valence-corrected chi connectivity index (χ2v) is 4.92. The van der Waals surface area contributed by atoms with Gasteiger partial charge in [-0.3, -0.25) is 4.79 Å². The van der Waals surface area contributed by atoms with Crippen molar-refractivity contribution in [2.75, 3.05) is 14.2 Å². The lowest BCUT2D eigenvalue weighted by atomic mass is 10.1. The SMILES string of the molecule is COc1ccc(-c2nc3ccc(C=O)cn3c2C)c(OC)c1. The molecule has 5 heteroatoms. The maximum absolute atomic E-state index is 10.9. The van der Waals surface area contributed by atoms with E-state index in [4.69, 9.17) is 9.47 Å². The molecule has 0 atom stereocenters. The Labute approximate surface area is 128 Å². The quantitative estimate of drug-likeness (QED) is 0.694. The van der Waals surface area contributed by atoms with Crippen molar-refractivity contribution >= 4 is 11.9 Å². The highest BCUT2D eigenvalue weighted by Crippen LogP contribution is 2.34. The number of aldehydes is 1. The van der Waals surface area contributed by atoms with Gasteiger partial charge in [-0.05, 0) is 31.2 Å². The smallest absolute Gasteiger partial charge is 0.151 e. The Morgan fingerprint density at radius 2 is 1.95 bits per heavy atom. The summed E-state index contributed by atoms with van der Waals surface area (Å²) in [6.07, 6.45) is 2.61. The summed E-state index contributed by atoms with van der Waals surface area (Å²) in [6.45, 7) is 1.97. The molecule has 2 aromatic heterocycles. The number of pyridine rings is 1. The van der Waals surface area contributed by atoms with Crippen LogP contribution in [0.5, 0.6) is 11.5 Å². The van der Waals surface area contributed by atoms with Gasteiger partial charge in [0.2, 0.25) is 0 Å². The van der Waals surface area contributed by atoms with Gasteiger partial charge in [0, 0.05) is 29.1 Å². The first-order chi connectivity index (χ1) is 10.7. The van der Waals surface area contributed by atoms with E-state index in [0.29, 0.717) is 11.3 Å². The van der Waals surface area contributed by atoms with E-state index in [-0.39, 0.29) is 0 Å². The van der Waals surface area contributed by atoms with Crippen molar-refractivity contribution in [2.45, 2.75) is 6.92 Å². The van der Waals surface area contributed by atoms with Crippen LogP contribution in [0.15, 0.2) is 36.5 Å². The van der Waals surface area contributed by atoms with E-state index in [1.807, 2.05) is 35.6 Å². The summed E-state index contributed by atoms with van der Waals surface area (Å²) in [6, 6.07) is 9.21. The highest BCUT2D eigenvalue weighted by atomic mass is 16.5. The Balaban J connectivity index is 2.22. The lowest BCUT2D eigenvalue weighted by Crippen LogP contribution is -1.93. The normalized spacial score (nSPS) is 10.7. The summed E-state index contributed by atoms with van der Waals surface area (Å²) in [4.78, 5) is 15.6. The van der Waals surface area contributed by atoms with Gasteiger partial charge in [0.1, 0.15) is 17.1 Å². The van der Waals surface area contributed by atoms with E-state index in [1.165, 1.54) is 0 Å². The first-order valence-electron chi connectivity index (χ1n) is 6.84. The average molecular weight is 296 g/mol. The second-order valence-electron chi connectivity index (χ2n) is 4.92. The molecule has 0 radical (unpaired) electrons. The molecule has 112 valence electrons. The number of methoxy groups -OCH3 is 2. The lowest BCUT2D eigenvalue weighted by Gasteiger charge is -2.09. The van der Waals surface area contributed by atoms with Crippen molar-refractivity contribution in [3.8, 4) is 22.8 Å². The van der Waals surface area contributed by atoms with Gasteiger partial charge < -0.3 is 13.9 Å². The van der Waals surface area contributed by atoms with Crippen LogP contribution in [0, 0.1) is 6.92 Å². The fraction of sp³-hybridized carbons (Fsp3) is 0.176. The number of ether oxygens (including phenoxy) is 2. The molecule has 0 aliphatic heterocycles. The van der Waals surface area contributed by atoms with E-state index in [9.17, 15) is 4.79 Å². The number of fused-ring (bicyclic) bond motifs is 1. The summed E-state index contributed by atoms with van der Waals surface area (Å²) in [7, 11) is 3.24. The van der Waals surface area contributed by atoms with Crippen LogP contribution in [0.3, 0.4) is 0 Å². The van der Waals surface area contributed by atoms with Crippen LogP contribution in [0.4, 0.5) is 0 Å². The fourth-order valence-electron chi connectivity index (χ4n) is 2.50. The summed E-state index contributed by atoms with van der Waals surface area (Å²) >= 11 is 0. The number of benzene rings is 1. The van der Waals surface area contributed by atoms with Crippen molar-refractivity contribution in [1.82, 2.24) is 9.38 Å². The zero-order valence-electron chi connectivity index (χ0n) is 12.7. The number of rotatable bonds is 4. The molecule has 5 nitrogen and oxygen atoms in total. The molecule has 0 amide bonds. The van der Waals surface area contributed by atoms with Gasteiger partial charge in [0.25, 0.3) is 0 Å². The molecule has 22 heavy (non-hydrogen) atoms. The zero-order chi connectivity index (χ0) is 15.7. The van der Waals surface area contributed by atoms with Gasteiger partial charge in [-0.1, -0.05) is 0 Å². The molecule has 0 saturated heterocycles. The predicted molar refractivity (Wildman–Crippen MR) is 83.9 cm³/mol. The van der Waals surface area contributed by atoms with Crippen molar-refractivity contribution in [1.29, 1.82) is 0 Å². The zero-order valence-corrected chi connectivity index (χ0v) is 12.7. The van der Waals surface area contributed by atoms with Crippen LogP contribution in [0.1, 0.15) is 16.1 Å². The van der Waals surface area contributed by atoms with E-state index in [0.717, 1.165) is 34.6 Å². The number of hydrogen-bond donors (Lipinski definition) is 0. The van der Waals surface area contributed by atoms with E-state index in [2.05, 4.69) is 4.98 Å². The summed E-state index contributed by atoms with van der Waals surface area (Å²) in [5.74, 6) is 1.42. The molecular formula is C17H16N2O3. The van der Waals surface area contributed by atoms with Crippen molar-refractivity contribution in [3.63, 3.8) is 0 Å². The minimum absolute atomic E-state index is 0.612. The number of hydrogen-bond acceptors (Lipinski definition) is 4. The van der Waals surface area contributed by atoms with Gasteiger partial charge in [-0.25, -0.2) is 4.98 Å². The van der Waals surface area contributed by atoms with Crippen LogP contribution >= 0.6 is 0 Å². The third-order valence-electron chi connectivity index (χ3n) is 3.68. The Morgan fingerprint density at radius 3 is 2.64 bits per heavy atom. The largest absolute Gasteiger partial charge is 0.497 e. The van der Waals surface area contributed by atoms with E-state index < -0.39 is 0 Å². The third-order valence-corrected chi connectivity index (χ3v) is 3.68. The Hall–Kier alpha value is -2.82. The molecule has 2 heterocycles. The Kier molecular flexibility index (Phi) is 3.55. The molecule has 3 aromatic rings. The molecular weight excluding hydrogens is 280 g/mol. The molecule has 0 saturated carbocycles. The molecule has 0 N–H and O–H groups in total. The first kappa shape index (κ1) is 14.1. The van der Waals surface area contributed by atoms with Gasteiger partial charge in [-0.15, -0.1) is 0 Å². The fourth-order valence-corrected chi connectivity index (χ4v) is 2.50. The van der Waals surface area contributed by atoms with Crippen molar-refractivity contribution in [3.05, 3.63) is 47.8 Å². The number of nitrogens with zero attached hydrogens (tertiary/aromatic N) is 2. The minimum atomic E-state index is 0.612. The van der Waals surface area contributed by atoms with E-state index in [1.54, 1.807) is 26.5 Å². The monoisotopic (exact) mass is 296 g/mol. The van der Waals surface area contributed by atoms with Gasteiger partial charge in [0.15, 0.2) is 6.29 Å². The Bertz CT molecular complexity index is 852. The summed E-state index contributed by atoms with van der Waals surface area (Å²) in [5.41, 5.74) is 4.05. The molecule has 0 fully saturated rings. The van der Waals surface area contributed by atoms with Crippen LogP contribution in [-0.2, 0) is 0 Å². The molecule has 3 rings (SSSR count). The van der Waals surface area contributed by atoms with Crippen LogP contribution < -0.4 is 9.47 Å². The number of aryl methyl sites for hydroxylation is 1. The van der Waals surface area contributed by atoms with Gasteiger partial charge in [-0.2, -0.15) is 0 Å². The summed E-state index contributed by atoms with van der Waals surface area (Å²) < 4.78 is 12.6. The van der Waals surface area contributed by atoms with E-state index >= 15 is 0 Å². The minimum Gasteiger partial charge on any atom is -0.497 e. The van der Waals surface area contributed by atoms with Gasteiger partial charge >= 0.3 is 0 Å². The van der Waals surface area contributed by atoms with Gasteiger partial charge in [0.05, 0.1) is 19.9 Å². The maximum atomic E-state index is 10.9. The average Bonchev–Trinajstić information content (AvgIpc) is 2.90. The molecule has 0 aliphatic rings. The number of carbonyl (C=O) groups excluding carboxylic acids is 1. The topological polar surface area (TPSA) is 52.8 Å². The van der Waals surface area contributed by atoms with Crippen LogP contribution in [-0.4, -0.2) is 29.9 Å². The first-order valence-corrected chi connectivity index (χ1v) is 6.84. The highest BCUT2D eigenvalue weighted by molar-refractivity contribution is 5.77. The number of imidazole rings is 1. The predicted octanol–water partition coefficient (Wildman–Crippen LogP) is 3.14. The van der Waals surface area contributed by atoms with Crippen molar-refractivity contribution < 1.29 is 14.3 Å². The number of aromatic nitrogens is 2. The summed E-state index contributed by atoms with van der Waals surface area (Å²) in [5, 5.41) is 0. The lowest BCUT2D eigenvalue weighted by molar-refractivity contribution is 0.112. The molecule has 0 bridgehead atoms. The molecule has 0 spiro atoms. The van der Waals surface area contributed by atoms with Crippen molar-refractivity contribution in [2.24, 2.45) is 0 Å². The highest BCUT2D eigenvalue weighted by Gasteiger charge is 2.15.